The Kier molecular flexibility index (Phi) is 1.57. The second kappa shape index (κ2) is 1.95. The van der Waals surface area contributed by atoms with Gasteiger partial charge in [0.25, 0.3) is 0 Å². The zero-order valence-corrected chi connectivity index (χ0v) is 6.89. The van der Waals surface area contributed by atoms with Crippen molar-refractivity contribution in [1.29, 1.82) is 0 Å². The summed E-state index contributed by atoms with van der Waals surface area (Å²) in [7, 11) is 0. The van der Waals surface area contributed by atoms with Crippen LogP contribution in [0.15, 0.2) is 0 Å². The lowest BCUT2D eigenvalue weighted by molar-refractivity contribution is 0.0489. The van der Waals surface area contributed by atoms with Gasteiger partial charge in [-0.1, -0.05) is 0 Å². The van der Waals surface area contributed by atoms with Crippen molar-refractivity contribution in [3.05, 3.63) is 0 Å². The van der Waals surface area contributed by atoms with E-state index >= 15 is 0 Å². The molecule has 1 fully saturated rings. The van der Waals surface area contributed by atoms with Crippen molar-refractivity contribution in [2.75, 3.05) is 0 Å². The first kappa shape index (κ1) is 8.02. The Morgan fingerprint density at radius 3 is 2.10 bits per heavy atom. The van der Waals surface area contributed by atoms with E-state index in [0.29, 0.717) is 12.3 Å². The van der Waals surface area contributed by atoms with E-state index in [9.17, 15) is 10.2 Å². The van der Waals surface area contributed by atoms with Crippen molar-refractivity contribution in [3.63, 3.8) is 0 Å². The van der Waals surface area contributed by atoms with Crippen LogP contribution in [0.4, 0.5) is 0 Å². The van der Waals surface area contributed by atoms with Gasteiger partial charge in [0.05, 0.1) is 11.2 Å². The Labute approximate surface area is 61.9 Å². The van der Waals surface area contributed by atoms with Crippen LogP contribution in [0.3, 0.4) is 0 Å². The van der Waals surface area contributed by atoms with Crippen molar-refractivity contribution in [2.45, 2.75) is 44.8 Å². The Hall–Kier alpha value is -0.0800. The highest BCUT2D eigenvalue weighted by Crippen LogP contribution is 2.47. The summed E-state index contributed by atoms with van der Waals surface area (Å²) in [6.07, 6.45) is 1.55. The van der Waals surface area contributed by atoms with E-state index < -0.39 is 11.2 Å². The van der Waals surface area contributed by atoms with Crippen molar-refractivity contribution in [2.24, 2.45) is 5.92 Å². The maximum atomic E-state index is 9.35. The smallest absolute Gasteiger partial charge is 0.0653 e. The normalized spacial score (nSPS) is 39.9. The van der Waals surface area contributed by atoms with Gasteiger partial charge in [0.1, 0.15) is 0 Å². The zero-order chi connectivity index (χ0) is 7.99. The average molecular weight is 144 g/mol. The third-order valence-corrected chi connectivity index (χ3v) is 2.12. The molecule has 0 amide bonds. The quantitative estimate of drug-likeness (QED) is 0.605. The first-order valence-electron chi connectivity index (χ1n) is 3.76. The summed E-state index contributed by atoms with van der Waals surface area (Å²) in [5.74, 6) is 0.312. The van der Waals surface area contributed by atoms with Crippen molar-refractivity contribution in [1.82, 2.24) is 0 Å². The highest BCUT2D eigenvalue weighted by atomic mass is 16.3. The summed E-state index contributed by atoms with van der Waals surface area (Å²) >= 11 is 0. The maximum Gasteiger partial charge on any atom is 0.0653 e. The minimum absolute atomic E-state index is 0.312. The summed E-state index contributed by atoms with van der Waals surface area (Å²) in [4.78, 5) is 0. The Bertz CT molecular complexity index is 133. The lowest BCUT2D eigenvalue weighted by Gasteiger charge is -2.17. The standard InChI is InChI=1S/C8H16O2/c1-7(2,9)4-6-5-8(6,3)10/h6,9-10H,4-5H2,1-3H3/t6-,8-/m0/s1. The van der Waals surface area contributed by atoms with Crippen LogP contribution in [-0.2, 0) is 0 Å². The largest absolute Gasteiger partial charge is 0.390 e. The molecule has 0 bridgehead atoms. The third-order valence-electron chi connectivity index (χ3n) is 2.12. The lowest BCUT2D eigenvalue weighted by Crippen LogP contribution is -2.21. The molecule has 10 heavy (non-hydrogen) atoms. The Morgan fingerprint density at radius 2 is 2.00 bits per heavy atom. The van der Waals surface area contributed by atoms with Crippen LogP contribution in [0.1, 0.15) is 33.6 Å². The van der Waals surface area contributed by atoms with Crippen LogP contribution in [0.25, 0.3) is 0 Å². The molecular formula is C8H16O2. The predicted octanol–water partition coefficient (Wildman–Crippen LogP) is 0.918. The minimum atomic E-state index is -0.620. The van der Waals surface area contributed by atoms with Crippen molar-refractivity contribution >= 4 is 0 Å². The fourth-order valence-corrected chi connectivity index (χ4v) is 1.33. The van der Waals surface area contributed by atoms with Crippen LogP contribution in [-0.4, -0.2) is 21.4 Å². The van der Waals surface area contributed by atoms with Gasteiger partial charge in [-0.3, -0.25) is 0 Å². The molecule has 1 rings (SSSR count). The molecular weight excluding hydrogens is 128 g/mol. The van der Waals surface area contributed by atoms with Gasteiger partial charge in [-0.05, 0) is 39.5 Å². The zero-order valence-electron chi connectivity index (χ0n) is 6.89. The molecule has 1 aliphatic carbocycles. The molecule has 2 nitrogen and oxygen atoms in total. The highest BCUT2D eigenvalue weighted by molar-refractivity contribution is 5.01. The molecule has 0 unspecified atom stereocenters. The molecule has 0 saturated heterocycles. The van der Waals surface area contributed by atoms with Crippen LogP contribution in [0, 0.1) is 5.92 Å². The molecule has 2 heteroatoms. The molecule has 0 aromatic rings. The van der Waals surface area contributed by atoms with E-state index in [4.69, 9.17) is 0 Å². The van der Waals surface area contributed by atoms with Crippen LogP contribution < -0.4 is 0 Å². The molecule has 1 saturated carbocycles. The summed E-state index contributed by atoms with van der Waals surface area (Å²) < 4.78 is 0. The first-order valence-corrected chi connectivity index (χ1v) is 3.76. The fraction of sp³-hybridized carbons (Fsp3) is 1.00. The summed E-state index contributed by atoms with van der Waals surface area (Å²) in [6.45, 7) is 5.38. The number of rotatable bonds is 2. The molecule has 2 N–H and O–H groups in total. The molecule has 0 aromatic heterocycles. The predicted molar refractivity (Wildman–Crippen MR) is 39.6 cm³/mol. The topological polar surface area (TPSA) is 40.5 Å². The molecule has 60 valence electrons. The van der Waals surface area contributed by atoms with Gasteiger partial charge >= 0.3 is 0 Å². The van der Waals surface area contributed by atoms with Crippen LogP contribution in [0.2, 0.25) is 0 Å². The second-order valence-electron chi connectivity index (χ2n) is 4.27. The monoisotopic (exact) mass is 144 g/mol. The van der Waals surface area contributed by atoms with Gasteiger partial charge in [0.15, 0.2) is 0 Å². The van der Waals surface area contributed by atoms with Gasteiger partial charge in [-0.15, -0.1) is 0 Å². The first-order chi connectivity index (χ1) is 4.31. The van der Waals surface area contributed by atoms with E-state index in [1.54, 1.807) is 13.8 Å². The fourth-order valence-electron chi connectivity index (χ4n) is 1.33. The highest BCUT2D eigenvalue weighted by Gasteiger charge is 2.49. The van der Waals surface area contributed by atoms with Gasteiger partial charge < -0.3 is 10.2 Å². The minimum Gasteiger partial charge on any atom is -0.390 e. The van der Waals surface area contributed by atoms with Gasteiger partial charge in [0.2, 0.25) is 0 Å². The van der Waals surface area contributed by atoms with E-state index in [-0.39, 0.29) is 0 Å². The van der Waals surface area contributed by atoms with E-state index in [2.05, 4.69) is 0 Å². The molecule has 0 spiro atoms. The average Bonchev–Trinajstić information content (AvgIpc) is 2.05. The van der Waals surface area contributed by atoms with E-state index in [1.807, 2.05) is 6.92 Å². The number of hydrogen-bond acceptors (Lipinski definition) is 2. The van der Waals surface area contributed by atoms with Crippen LogP contribution >= 0.6 is 0 Å². The van der Waals surface area contributed by atoms with Gasteiger partial charge in [-0.2, -0.15) is 0 Å². The van der Waals surface area contributed by atoms with Gasteiger partial charge in [0, 0.05) is 0 Å². The number of aliphatic hydroxyl groups is 2. The summed E-state index contributed by atoms with van der Waals surface area (Å²) in [5.41, 5.74) is -1.11. The van der Waals surface area contributed by atoms with Crippen LogP contribution in [0.5, 0.6) is 0 Å². The van der Waals surface area contributed by atoms with E-state index in [1.165, 1.54) is 0 Å². The molecule has 0 aliphatic heterocycles. The molecule has 0 aromatic carbocycles. The summed E-state index contributed by atoms with van der Waals surface area (Å²) in [6, 6.07) is 0. The molecule has 2 atom stereocenters. The summed E-state index contributed by atoms with van der Waals surface area (Å²) in [5, 5.41) is 18.7. The molecule has 0 heterocycles. The Morgan fingerprint density at radius 1 is 1.60 bits per heavy atom. The third kappa shape index (κ3) is 1.96. The van der Waals surface area contributed by atoms with Crippen molar-refractivity contribution in [3.8, 4) is 0 Å². The molecule has 1 aliphatic rings. The lowest BCUT2D eigenvalue weighted by atomic mass is 10.0. The SMILES string of the molecule is CC(C)(O)C[C@H]1C[C@]1(C)O. The Balaban J connectivity index is 2.31. The molecule has 0 radical (unpaired) electrons. The van der Waals surface area contributed by atoms with E-state index in [0.717, 1.165) is 6.42 Å². The maximum absolute atomic E-state index is 9.35. The second-order valence-corrected chi connectivity index (χ2v) is 4.27. The van der Waals surface area contributed by atoms with Crippen molar-refractivity contribution < 1.29 is 10.2 Å². The number of hydrogen-bond donors (Lipinski definition) is 2. The van der Waals surface area contributed by atoms with Gasteiger partial charge in [-0.25, -0.2) is 0 Å².